The molecule has 1 fully saturated rings. The first-order chi connectivity index (χ1) is 24.6. The van der Waals surface area contributed by atoms with Crippen molar-refractivity contribution in [1.29, 1.82) is 0 Å². The number of aromatic nitrogens is 4. The monoisotopic (exact) mass is 855 g/mol. The molecule has 2 amide bonds. The minimum absolute atomic E-state index is 0.0344. The van der Waals surface area contributed by atoms with Crippen molar-refractivity contribution in [3.05, 3.63) is 12.7 Å². The molecule has 0 spiro atoms. The van der Waals surface area contributed by atoms with Gasteiger partial charge in [0.25, 0.3) is 0 Å². The Labute approximate surface area is 311 Å². The molecule has 1 aliphatic heterocycles. The first kappa shape index (κ1) is 45.6. The standard InChI is InChI=1S/C25H44N7O16P3S2/c1-5-14(2)53-52-9-8-27-16(33)6-7-28-23(36)20(35)25(3,4)11-45-51(42,43)48-50(40,41)44-10-15-19(47-49(37,38)39)18(34)24(46-15)32-13-31-17-21(26)29-12-30-22(17)32/h12-15,18-20,24,34-35H,5-11H2,1-4H3,(H,27,33)(H,28,36)(H,40,41)(H,42,43)(H2,26,29,30)(H2,37,38,39)/t14?,15-,18+,19?,20-,24-/m1/s1. The highest BCUT2D eigenvalue weighted by Gasteiger charge is 2.50. The Morgan fingerprint density at radius 3 is 2.43 bits per heavy atom. The molecule has 53 heavy (non-hydrogen) atoms. The van der Waals surface area contributed by atoms with Crippen molar-refractivity contribution in [2.75, 3.05) is 37.8 Å². The van der Waals surface area contributed by atoms with Crippen molar-refractivity contribution in [2.24, 2.45) is 5.41 Å². The van der Waals surface area contributed by atoms with E-state index in [2.05, 4.69) is 48.3 Å². The molecule has 0 aliphatic carbocycles. The van der Waals surface area contributed by atoms with Crippen LogP contribution in [0.15, 0.2) is 12.7 Å². The number of phosphoric ester groups is 3. The van der Waals surface area contributed by atoms with Crippen LogP contribution < -0.4 is 16.4 Å². The SMILES string of the molecule is CCC(C)SSCCNC(=O)CCNC(=O)[C@@H](O)C(C)(C)COP(=O)(O)OP(=O)(O)OC[C@H]1O[C@@H](n2cnc3c(N)ncnc32)[C@@H](O)C1OP(=O)(O)O. The van der Waals surface area contributed by atoms with E-state index in [9.17, 15) is 53.1 Å². The van der Waals surface area contributed by atoms with Gasteiger partial charge in [0, 0.05) is 35.9 Å². The molecule has 10 N–H and O–H groups in total. The van der Waals surface area contributed by atoms with E-state index in [-0.39, 0.29) is 35.9 Å². The molecule has 302 valence electrons. The van der Waals surface area contributed by atoms with E-state index in [0.717, 1.165) is 23.6 Å². The number of nitrogens with zero attached hydrogens (tertiary/aromatic N) is 4. The zero-order chi connectivity index (χ0) is 39.8. The van der Waals surface area contributed by atoms with Crippen molar-refractivity contribution in [3.8, 4) is 0 Å². The molecule has 0 radical (unpaired) electrons. The highest BCUT2D eigenvalue weighted by atomic mass is 33.1. The molecular weight excluding hydrogens is 811 g/mol. The second kappa shape index (κ2) is 19.4. The van der Waals surface area contributed by atoms with Gasteiger partial charge in [-0.2, -0.15) is 4.31 Å². The maximum Gasteiger partial charge on any atom is 0.481 e. The van der Waals surface area contributed by atoms with Gasteiger partial charge in [-0.05, 0) is 6.42 Å². The number of rotatable bonds is 22. The number of anilines is 1. The number of hydrogen-bond acceptors (Lipinski definition) is 18. The van der Waals surface area contributed by atoms with Gasteiger partial charge in [-0.25, -0.2) is 28.6 Å². The molecule has 3 heterocycles. The Bertz CT molecular complexity index is 1700. The largest absolute Gasteiger partial charge is 0.481 e. The number of aliphatic hydroxyl groups is 2. The van der Waals surface area contributed by atoms with Crippen LogP contribution in [-0.2, 0) is 45.9 Å². The Morgan fingerprint density at radius 1 is 1.09 bits per heavy atom. The number of amides is 2. The summed E-state index contributed by atoms with van der Waals surface area (Å²) < 4.78 is 62.1. The summed E-state index contributed by atoms with van der Waals surface area (Å²) in [6, 6.07) is 0. The molecule has 23 nitrogen and oxygen atoms in total. The van der Waals surface area contributed by atoms with E-state index in [1.165, 1.54) is 13.8 Å². The third-order valence-corrected chi connectivity index (χ3v) is 13.6. The molecule has 8 atom stereocenters. The fourth-order valence-corrected chi connectivity index (χ4v) is 9.53. The fourth-order valence-electron chi connectivity index (χ4n) is 4.40. The zero-order valence-electron chi connectivity index (χ0n) is 28.9. The Morgan fingerprint density at radius 2 is 1.77 bits per heavy atom. The van der Waals surface area contributed by atoms with Crippen LogP contribution in [0.1, 0.15) is 46.8 Å². The number of imidazole rings is 1. The molecule has 1 aliphatic rings. The summed E-state index contributed by atoms with van der Waals surface area (Å²) >= 11 is 0. The lowest BCUT2D eigenvalue weighted by atomic mass is 9.87. The average molecular weight is 856 g/mol. The number of nitrogens with two attached hydrogens (primary N) is 1. The van der Waals surface area contributed by atoms with Gasteiger partial charge < -0.3 is 50.9 Å². The Balaban J connectivity index is 1.51. The predicted octanol–water partition coefficient (Wildman–Crippen LogP) is 0.585. The summed E-state index contributed by atoms with van der Waals surface area (Å²) in [6.45, 7) is 5.08. The van der Waals surface area contributed by atoms with Gasteiger partial charge in [-0.15, -0.1) is 0 Å². The average Bonchev–Trinajstić information content (AvgIpc) is 3.62. The topological polar surface area (TPSA) is 347 Å². The van der Waals surface area contributed by atoms with Crippen LogP contribution in [0.4, 0.5) is 5.82 Å². The van der Waals surface area contributed by atoms with Crippen LogP contribution >= 0.6 is 45.1 Å². The van der Waals surface area contributed by atoms with Gasteiger partial charge in [-0.1, -0.05) is 49.3 Å². The van der Waals surface area contributed by atoms with E-state index in [4.69, 9.17) is 19.5 Å². The van der Waals surface area contributed by atoms with Crippen molar-refractivity contribution in [1.82, 2.24) is 30.2 Å². The van der Waals surface area contributed by atoms with Crippen molar-refractivity contribution >= 4 is 73.9 Å². The van der Waals surface area contributed by atoms with Crippen LogP contribution in [0.25, 0.3) is 11.2 Å². The Kier molecular flexibility index (Phi) is 16.7. The molecule has 0 bridgehead atoms. The number of carbonyl (C=O) groups excluding carboxylic acids is 2. The van der Waals surface area contributed by atoms with Crippen LogP contribution in [0.2, 0.25) is 0 Å². The third-order valence-electron chi connectivity index (χ3n) is 7.39. The summed E-state index contributed by atoms with van der Waals surface area (Å²) in [5, 5.41) is 27.0. The molecule has 4 unspecified atom stereocenters. The predicted molar refractivity (Wildman–Crippen MR) is 189 cm³/mol. The molecule has 0 aromatic carbocycles. The molecule has 1 saturated heterocycles. The maximum atomic E-state index is 12.7. The molecule has 2 aromatic heterocycles. The lowest BCUT2D eigenvalue weighted by molar-refractivity contribution is -0.137. The maximum absolute atomic E-state index is 12.7. The number of nitrogens with one attached hydrogen (secondary N) is 2. The molecule has 0 saturated carbocycles. The van der Waals surface area contributed by atoms with Crippen LogP contribution in [0.5, 0.6) is 0 Å². The molecular formula is C25H44N7O16P3S2. The number of aliphatic hydroxyl groups excluding tert-OH is 2. The van der Waals surface area contributed by atoms with Crippen LogP contribution in [0, 0.1) is 5.41 Å². The second-order valence-corrected chi connectivity index (χ2v) is 19.4. The smallest absolute Gasteiger partial charge is 0.386 e. The van der Waals surface area contributed by atoms with Crippen LogP contribution in [0.3, 0.4) is 0 Å². The molecule has 2 aromatic rings. The van der Waals surface area contributed by atoms with E-state index >= 15 is 0 Å². The van der Waals surface area contributed by atoms with E-state index in [0.29, 0.717) is 17.5 Å². The highest BCUT2D eigenvalue weighted by molar-refractivity contribution is 8.76. The first-order valence-electron chi connectivity index (χ1n) is 15.7. The number of phosphoric acid groups is 3. The van der Waals surface area contributed by atoms with Gasteiger partial charge >= 0.3 is 23.5 Å². The van der Waals surface area contributed by atoms with E-state index in [1.54, 1.807) is 21.6 Å². The molecule has 3 rings (SSSR count). The van der Waals surface area contributed by atoms with Crippen molar-refractivity contribution in [3.63, 3.8) is 0 Å². The number of nitrogen functional groups attached to an aromatic ring is 1. The number of hydrogen-bond donors (Lipinski definition) is 9. The number of carbonyl (C=O) groups is 2. The highest BCUT2D eigenvalue weighted by Crippen LogP contribution is 2.61. The van der Waals surface area contributed by atoms with Crippen LogP contribution in [-0.4, -0.2) is 123 Å². The lowest BCUT2D eigenvalue weighted by Crippen LogP contribution is -2.46. The van der Waals surface area contributed by atoms with Crippen molar-refractivity contribution in [2.45, 2.75) is 76.4 Å². The summed E-state index contributed by atoms with van der Waals surface area (Å²) in [7, 11) is -13.0. The number of ether oxygens (including phenoxy) is 1. The van der Waals surface area contributed by atoms with Gasteiger partial charge in [0.05, 0.1) is 19.5 Å². The summed E-state index contributed by atoms with van der Waals surface area (Å²) in [4.78, 5) is 75.4. The van der Waals surface area contributed by atoms with E-state index in [1.807, 2.05) is 0 Å². The lowest BCUT2D eigenvalue weighted by Gasteiger charge is -2.30. The Hall–Kier alpha value is -1.76. The normalized spacial score (nSPS) is 22.9. The minimum atomic E-state index is -5.54. The minimum Gasteiger partial charge on any atom is -0.386 e. The summed E-state index contributed by atoms with van der Waals surface area (Å²) in [5.41, 5.74) is 4.32. The van der Waals surface area contributed by atoms with Gasteiger partial charge in [0.2, 0.25) is 11.8 Å². The number of fused-ring (bicyclic) bond motifs is 1. The zero-order valence-corrected chi connectivity index (χ0v) is 33.2. The quantitative estimate of drug-likeness (QED) is 0.0444. The third kappa shape index (κ3) is 14.0. The van der Waals surface area contributed by atoms with Gasteiger partial charge in [-0.3, -0.25) is 27.7 Å². The fraction of sp³-hybridized carbons (Fsp3) is 0.720. The van der Waals surface area contributed by atoms with Crippen molar-refractivity contribution < 1.29 is 75.7 Å². The first-order valence-corrected chi connectivity index (χ1v) is 22.6. The van der Waals surface area contributed by atoms with Gasteiger partial charge in [0.1, 0.15) is 36.3 Å². The summed E-state index contributed by atoms with van der Waals surface area (Å²) in [5.74, 6) is -0.589. The van der Waals surface area contributed by atoms with Gasteiger partial charge in [0.15, 0.2) is 17.7 Å². The van der Waals surface area contributed by atoms with E-state index < -0.39 is 78.6 Å². The molecule has 28 heteroatoms. The second-order valence-electron chi connectivity index (χ2n) is 12.2. The summed E-state index contributed by atoms with van der Waals surface area (Å²) in [6.07, 6.45) is -5.68.